The first-order valence-electron chi connectivity index (χ1n) is 7.05. The van der Waals surface area contributed by atoms with Crippen LogP contribution < -0.4 is 15.0 Å². The van der Waals surface area contributed by atoms with Crippen molar-refractivity contribution in [1.29, 1.82) is 0 Å². The highest BCUT2D eigenvalue weighted by molar-refractivity contribution is 5.31. The highest BCUT2D eigenvalue weighted by Gasteiger charge is 2.15. The predicted molar refractivity (Wildman–Crippen MR) is 81.5 cm³/mol. The maximum absolute atomic E-state index is 5.69. The number of hydrogen-bond acceptors (Lipinski definition) is 6. The van der Waals surface area contributed by atoms with Crippen LogP contribution in [0, 0.1) is 0 Å². The fraction of sp³-hybridized carbons (Fsp3) is 0.467. The highest BCUT2D eigenvalue weighted by Crippen LogP contribution is 2.19. The summed E-state index contributed by atoms with van der Waals surface area (Å²) in [6.45, 7) is 5.61. The van der Waals surface area contributed by atoms with Crippen molar-refractivity contribution in [3.63, 3.8) is 0 Å². The Bertz CT molecular complexity index is 553. The molecule has 0 fully saturated rings. The van der Waals surface area contributed by atoms with Crippen LogP contribution in [-0.4, -0.2) is 30.9 Å². The van der Waals surface area contributed by atoms with Gasteiger partial charge >= 0.3 is 6.01 Å². The Morgan fingerprint density at radius 1 is 1.29 bits per heavy atom. The van der Waals surface area contributed by atoms with Gasteiger partial charge in [0, 0.05) is 13.6 Å². The Hall–Kier alpha value is -2.08. The van der Waals surface area contributed by atoms with E-state index in [0.717, 1.165) is 17.9 Å². The number of methoxy groups -OCH3 is 1. The van der Waals surface area contributed by atoms with Crippen molar-refractivity contribution >= 4 is 6.01 Å². The van der Waals surface area contributed by atoms with E-state index in [1.54, 1.807) is 7.11 Å². The van der Waals surface area contributed by atoms with Crippen LogP contribution in [-0.2, 0) is 6.54 Å². The van der Waals surface area contributed by atoms with Gasteiger partial charge in [-0.25, -0.2) is 0 Å². The number of aromatic nitrogens is 2. The lowest BCUT2D eigenvalue weighted by Crippen LogP contribution is -2.18. The van der Waals surface area contributed by atoms with Crippen LogP contribution in [0.3, 0.4) is 0 Å². The second kappa shape index (κ2) is 7.08. The summed E-state index contributed by atoms with van der Waals surface area (Å²) in [6.07, 6.45) is 0. The van der Waals surface area contributed by atoms with E-state index in [2.05, 4.69) is 15.5 Å². The van der Waals surface area contributed by atoms with E-state index in [9.17, 15) is 0 Å². The van der Waals surface area contributed by atoms with Crippen LogP contribution >= 0.6 is 0 Å². The van der Waals surface area contributed by atoms with Gasteiger partial charge in [0.25, 0.3) is 0 Å². The molecule has 0 radical (unpaired) electrons. The SMILES string of the molecule is CCNC(C)c1nnc(N(C)Cc2ccc(OC)cc2)o1. The van der Waals surface area contributed by atoms with Gasteiger partial charge in [-0.15, -0.1) is 5.10 Å². The summed E-state index contributed by atoms with van der Waals surface area (Å²) in [4.78, 5) is 1.93. The largest absolute Gasteiger partial charge is 0.497 e. The van der Waals surface area contributed by atoms with E-state index < -0.39 is 0 Å². The Kier molecular flexibility index (Phi) is 5.16. The van der Waals surface area contributed by atoms with E-state index in [4.69, 9.17) is 9.15 Å². The van der Waals surface area contributed by atoms with E-state index in [-0.39, 0.29) is 6.04 Å². The Morgan fingerprint density at radius 3 is 2.62 bits per heavy atom. The van der Waals surface area contributed by atoms with E-state index in [0.29, 0.717) is 18.5 Å². The van der Waals surface area contributed by atoms with Gasteiger partial charge in [-0.3, -0.25) is 0 Å². The van der Waals surface area contributed by atoms with E-state index >= 15 is 0 Å². The molecule has 0 amide bonds. The summed E-state index contributed by atoms with van der Waals surface area (Å²) >= 11 is 0. The van der Waals surface area contributed by atoms with Gasteiger partial charge in [-0.1, -0.05) is 24.2 Å². The number of rotatable bonds is 7. The van der Waals surface area contributed by atoms with Crippen molar-refractivity contribution < 1.29 is 9.15 Å². The van der Waals surface area contributed by atoms with Gasteiger partial charge in [-0.2, -0.15) is 0 Å². The quantitative estimate of drug-likeness (QED) is 0.844. The molecular weight excluding hydrogens is 268 g/mol. The summed E-state index contributed by atoms with van der Waals surface area (Å²) in [5.41, 5.74) is 1.15. The summed E-state index contributed by atoms with van der Waals surface area (Å²) in [7, 11) is 3.59. The van der Waals surface area contributed by atoms with Crippen LogP contribution in [0.5, 0.6) is 5.75 Å². The minimum atomic E-state index is 0.0608. The van der Waals surface area contributed by atoms with Crippen LogP contribution in [0.1, 0.15) is 31.3 Å². The molecular formula is C15H22N4O2. The topological polar surface area (TPSA) is 63.4 Å². The van der Waals surface area contributed by atoms with Crippen molar-refractivity contribution in [2.45, 2.75) is 26.4 Å². The summed E-state index contributed by atoms with van der Waals surface area (Å²) in [5.74, 6) is 1.45. The molecule has 0 aliphatic heterocycles. The predicted octanol–water partition coefficient (Wildman–Crippen LogP) is 2.39. The van der Waals surface area contributed by atoms with Crippen LogP contribution in [0.2, 0.25) is 0 Å². The molecule has 6 nitrogen and oxygen atoms in total. The maximum Gasteiger partial charge on any atom is 0.318 e. The van der Waals surface area contributed by atoms with Crippen LogP contribution in [0.4, 0.5) is 6.01 Å². The lowest BCUT2D eigenvalue weighted by atomic mass is 10.2. The molecule has 2 aromatic rings. The fourth-order valence-electron chi connectivity index (χ4n) is 2.02. The number of nitrogens with zero attached hydrogens (tertiary/aromatic N) is 3. The van der Waals surface area contributed by atoms with Gasteiger partial charge < -0.3 is 19.4 Å². The molecule has 0 aliphatic carbocycles. The monoisotopic (exact) mass is 290 g/mol. The molecule has 1 unspecified atom stereocenters. The molecule has 21 heavy (non-hydrogen) atoms. The average Bonchev–Trinajstić information content (AvgIpc) is 2.98. The number of ether oxygens (including phenoxy) is 1. The standard InChI is InChI=1S/C15H22N4O2/c1-5-16-11(2)14-17-18-15(21-14)19(3)10-12-6-8-13(20-4)9-7-12/h6-9,11,16H,5,10H2,1-4H3. The molecule has 1 aromatic carbocycles. The lowest BCUT2D eigenvalue weighted by molar-refractivity contribution is 0.414. The Labute approximate surface area is 125 Å². The molecule has 1 N–H and O–H groups in total. The van der Waals surface area contributed by atoms with E-state index in [1.807, 2.05) is 50.1 Å². The van der Waals surface area contributed by atoms with Crippen molar-refractivity contribution in [3.05, 3.63) is 35.7 Å². The summed E-state index contributed by atoms with van der Waals surface area (Å²) in [5, 5.41) is 11.4. The number of hydrogen-bond donors (Lipinski definition) is 1. The van der Waals surface area contributed by atoms with Crippen molar-refractivity contribution in [2.24, 2.45) is 0 Å². The zero-order chi connectivity index (χ0) is 15.2. The van der Waals surface area contributed by atoms with Crippen molar-refractivity contribution in [1.82, 2.24) is 15.5 Å². The number of anilines is 1. The molecule has 0 spiro atoms. The van der Waals surface area contributed by atoms with Gasteiger partial charge in [0.1, 0.15) is 5.75 Å². The second-order valence-electron chi connectivity index (χ2n) is 4.91. The van der Waals surface area contributed by atoms with Gasteiger partial charge in [0.05, 0.1) is 13.2 Å². The number of nitrogens with one attached hydrogen (secondary N) is 1. The molecule has 1 heterocycles. The minimum absolute atomic E-state index is 0.0608. The molecule has 1 atom stereocenters. The first-order chi connectivity index (χ1) is 10.1. The first kappa shape index (κ1) is 15.3. The highest BCUT2D eigenvalue weighted by atomic mass is 16.5. The minimum Gasteiger partial charge on any atom is -0.497 e. The van der Waals surface area contributed by atoms with Crippen molar-refractivity contribution in [3.8, 4) is 5.75 Å². The molecule has 114 valence electrons. The van der Waals surface area contributed by atoms with Crippen LogP contribution in [0.15, 0.2) is 28.7 Å². The van der Waals surface area contributed by atoms with Gasteiger partial charge in [0.15, 0.2) is 0 Å². The second-order valence-corrected chi connectivity index (χ2v) is 4.91. The van der Waals surface area contributed by atoms with Gasteiger partial charge in [0.2, 0.25) is 5.89 Å². The fourth-order valence-corrected chi connectivity index (χ4v) is 2.02. The third-order valence-electron chi connectivity index (χ3n) is 3.22. The third-order valence-corrected chi connectivity index (χ3v) is 3.22. The average molecular weight is 290 g/mol. The molecule has 1 aromatic heterocycles. The van der Waals surface area contributed by atoms with Crippen molar-refractivity contribution in [2.75, 3.05) is 25.6 Å². The smallest absolute Gasteiger partial charge is 0.318 e. The molecule has 0 aliphatic rings. The molecule has 6 heteroatoms. The molecule has 0 saturated heterocycles. The zero-order valence-corrected chi connectivity index (χ0v) is 13.0. The normalized spacial score (nSPS) is 12.2. The Morgan fingerprint density at radius 2 is 2.00 bits per heavy atom. The molecule has 0 saturated carbocycles. The lowest BCUT2D eigenvalue weighted by Gasteiger charge is -2.14. The zero-order valence-electron chi connectivity index (χ0n) is 13.0. The summed E-state index contributed by atoms with van der Waals surface area (Å²) in [6, 6.07) is 8.50. The van der Waals surface area contributed by atoms with Gasteiger partial charge in [-0.05, 0) is 31.2 Å². The first-order valence-corrected chi connectivity index (χ1v) is 7.05. The molecule has 0 bridgehead atoms. The van der Waals surface area contributed by atoms with E-state index in [1.165, 1.54) is 0 Å². The third kappa shape index (κ3) is 3.95. The number of benzene rings is 1. The maximum atomic E-state index is 5.69. The summed E-state index contributed by atoms with van der Waals surface area (Å²) < 4.78 is 10.8. The van der Waals surface area contributed by atoms with Crippen LogP contribution in [0.25, 0.3) is 0 Å². The molecule has 2 rings (SSSR count). The Balaban J connectivity index is 2.00.